The third kappa shape index (κ3) is 4.63. The van der Waals surface area contributed by atoms with Gasteiger partial charge < -0.3 is 5.32 Å². The van der Waals surface area contributed by atoms with E-state index in [1.165, 1.54) is 0 Å². The number of carbonyl (C=O) groups is 2. The van der Waals surface area contributed by atoms with Crippen LogP contribution in [0.5, 0.6) is 0 Å². The third-order valence-corrected chi connectivity index (χ3v) is 6.69. The number of thioether (sulfide) groups is 1. The Labute approximate surface area is 191 Å². The van der Waals surface area contributed by atoms with Crippen molar-refractivity contribution in [3.05, 3.63) is 94.5 Å². The molecule has 2 amide bonds. The standard InChI is InChI=1S/C25H23ClN2O2S/c1-16(2)21-8-3-4-9-22(21)28-23(29)15-31-25(28)18-6-5-7-20(14-18)27-24(30)17-10-12-19(26)13-11-17/h3-14,16,25H,15H2,1-2H3,(H,27,30)/t25-/m0/s1. The van der Waals surface area contributed by atoms with E-state index in [0.717, 1.165) is 16.8 Å². The number of amides is 2. The smallest absolute Gasteiger partial charge is 0.255 e. The zero-order valence-electron chi connectivity index (χ0n) is 17.3. The Kier molecular flexibility index (Phi) is 6.35. The number of nitrogens with zero attached hydrogens (tertiary/aromatic N) is 1. The third-order valence-electron chi connectivity index (χ3n) is 5.22. The average Bonchev–Trinajstić information content (AvgIpc) is 3.15. The zero-order chi connectivity index (χ0) is 22.0. The van der Waals surface area contributed by atoms with Crippen LogP contribution in [0.3, 0.4) is 0 Å². The molecular formula is C25H23ClN2O2S. The average molecular weight is 451 g/mol. The molecule has 0 unspecified atom stereocenters. The Morgan fingerprint density at radius 2 is 1.81 bits per heavy atom. The van der Waals surface area contributed by atoms with Crippen LogP contribution in [0.2, 0.25) is 5.02 Å². The molecule has 31 heavy (non-hydrogen) atoms. The summed E-state index contributed by atoms with van der Waals surface area (Å²) in [7, 11) is 0. The maximum absolute atomic E-state index is 12.8. The highest BCUT2D eigenvalue weighted by Crippen LogP contribution is 2.44. The summed E-state index contributed by atoms with van der Waals surface area (Å²) in [5, 5.41) is 3.39. The topological polar surface area (TPSA) is 49.4 Å². The van der Waals surface area contributed by atoms with Crippen molar-refractivity contribution in [2.75, 3.05) is 16.0 Å². The van der Waals surface area contributed by atoms with Gasteiger partial charge in [0, 0.05) is 22.0 Å². The maximum atomic E-state index is 12.8. The molecule has 0 spiro atoms. The van der Waals surface area contributed by atoms with Gasteiger partial charge in [0.15, 0.2) is 0 Å². The molecule has 3 aromatic rings. The van der Waals surface area contributed by atoms with Crippen LogP contribution >= 0.6 is 23.4 Å². The largest absolute Gasteiger partial charge is 0.322 e. The van der Waals surface area contributed by atoms with Crippen molar-refractivity contribution >= 4 is 46.6 Å². The van der Waals surface area contributed by atoms with E-state index in [0.29, 0.717) is 27.9 Å². The number of halogens is 1. The van der Waals surface area contributed by atoms with Gasteiger partial charge in [0.05, 0.1) is 5.75 Å². The second-order valence-electron chi connectivity index (χ2n) is 7.73. The van der Waals surface area contributed by atoms with Gasteiger partial charge in [-0.2, -0.15) is 0 Å². The molecule has 0 radical (unpaired) electrons. The van der Waals surface area contributed by atoms with Gasteiger partial charge in [-0.15, -0.1) is 11.8 Å². The Morgan fingerprint density at radius 1 is 1.06 bits per heavy atom. The van der Waals surface area contributed by atoms with Gasteiger partial charge in [-0.1, -0.05) is 55.8 Å². The number of carbonyl (C=O) groups excluding carboxylic acids is 2. The monoisotopic (exact) mass is 450 g/mol. The molecule has 1 saturated heterocycles. The van der Waals surface area contributed by atoms with Gasteiger partial charge >= 0.3 is 0 Å². The van der Waals surface area contributed by atoms with Gasteiger partial charge in [-0.3, -0.25) is 14.5 Å². The van der Waals surface area contributed by atoms with Crippen molar-refractivity contribution in [3.63, 3.8) is 0 Å². The fourth-order valence-electron chi connectivity index (χ4n) is 3.70. The van der Waals surface area contributed by atoms with Crippen molar-refractivity contribution < 1.29 is 9.59 Å². The fraction of sp³-hybridized carbons (Fsp3) is 0.200. The highest BCUT2D eigenvalue weighted by Gasteiger charge is 2.35. The molecular weight excluding hydrogens is 428 g/mol. The van der Waals surface area contributed by atoms with Gasteiger partial charge in [-0.25, -0.2) is 0 Å². The molecule has 1 aliphatic rings. The van der Waals surface area contributed by atoms with Crippen molar-refractivity contribution in [2.45, 2.75) is 25.1 Å². The predicted molar refractivity (Wildman–Crippen MR) is 129 cm³/mol. The zero-order valence-corrected chi connectivity index (χ0v) is 18.9. The minimum Gasteiger partial charge on any atom is -0.322 e. The number of hydrogen-bond donors (Lipinski definition) is 1. The number of hydrogen-bond acceptors (Lipinski definition) is 3. The summed E-state index contributed by atoms with van der Waals surface area (Å²) >= 11 is 7.51. The number of nitrogens with one attached hydrogen (secondary N) is 1. The second-order valence-corrected chi connectivity index (χ2v) is 9.23. The van der Waals surface area contributed by atoms with Gasteiger partial charge in [0.2, 0.25) is 5.91 Å². The highest BCUT2D eigenvalue weighted by molar-refractivity contribution is 8.00. The van der Waals surface area contributed by atoms with E-state index < -0.39 is 0 Å². The molecule has 158 valence electrons. The lowest BCUT2D eigenvalue weighted by molar-refractivity contribution is -0.115. The number of benzene rings is 3. The van der Waals surface area contributed by atoms with Crippen LogP contribution in [-0.2, 0) is 4.79 Å². The van der Waals surface area contributed by atoms with Crippen LogP contribution in [0.15, 0.2) is 72.8 Å². The Bertz CT molecular complexity index is 1110. The number of para-hydroxylation sites is 1. The number of rotatable bonds is 5. The molecule has 6 heteroatoms. The first kappa shape index (κ1) is 21.5. The molecule has 4 rings (SSSR count). The predicted octanol–water partition coefficient (Wildman–Crippen LogP) is 6.49. The molecule has 3 aromatic carbocycles. The molecule has 1 aliphatic heterocycles. The first-order valence-electron chi connectivity index (χ1n) is 10.1. The first-order valence-corrected chi connectivity index (χ1v) is 11.6. The van der Waals surface area contributed by atoms with Crippen molar-refractivity contribution in [2.24, 2.45) is 0 Å². The minimum atomic E-state index is -0.203. The first-order chi connectivity index (χ1) is 14.9. The van der Waals surface area contributed by atoms with Crippen molar-refractivity contribution in [3.8, 4) is 0 Å². The second kappa shape index (κ2) is 9.16. The Hall–Kier alpha value is -2.76. The van der Waals surface area contributed by atoms with E-state index in [1.807, 2.05) is 47.4 Å². The summed E-state index contributed by atoms with van der Waals surface area (Å²) in [5.74, 6) is 0.628. The van der Waals surface area contributed by atoms with Crippen molar-refractivity contribution in [1.82, 2.24) is 0 Å². The lowest BCUT2D eigenvalue weighted by atomic mass is 10.00. The summed E-state index contributed by atoms with van der Waals surface area (Å²) in [6.07, 6.45) is 0. The lowest BCUT2D eigenvalue weighted by Crippen LogP contribution is -2.29. The SMILES string of the molecule is CC(C)c1ccccc1N1C(=O)CS[C@H]1c1cccc(NC(=O)c2ccc(Cl)cc2)c1. The normalized spacial score (nSPS) is 16.1. The molecule has 0 bridgehead atoms. The van der Waals surface area contributed by atoms with E-state index in [9.17, 15) is 9.59 Å². The summed E-state index contributed by atoms with van der Waals surface area (Å²) < 4.78 is 0. The van der Waals surface area contributed by atoms with Crippen LogP contribution in [-0.4, -0.2) is 17.6 Å². The molecule has 1 N–H and O–H groups in total. The van der Waals surface area contributed by atoms with E-state index in [4.69, 9.17) is 11.6 Å². The van der Waals surface area contributed by atoms with Crippen LogP contribution in [0.4, 0.5) is 11.4 Å². The van der Waals surface area contributed by atoms with Gasteiger partial charge in [0.25, 0.3) is 5.91 Å². The summed E-state index contributed by atoms with van der Waals surface area (Å²) in [6.45, 7) is 4.27. The molecule has 0 aromatic heterocycles. The van der Waals surface area contributed by atoms with Crippen LogP contribution in [0.1, 0.15) is 46.6 Å². The van der Waals surface area contributed by atoms with Crippen LogP contribution in [0, 0.1) is 0 Å². The molecule has 0 saturated carbocycles. The quantitative estimate of drug-likeness (QED) is 0.483. The van der Waals surface area contributed by atoms with E-state index >= 15 is 0 Å². The fourth-order valence-corrected chi connectivity index (χ4v) is 4.99. The van der Waals surface area contributed by atoms with Crippen LogP contribution in [0.25, 0.3) is 0 Å². The maximum Gasteiger partial charge on any atom is 0.255 e. The number of anilines is 2. The minimum absolute atomic E-state index is 0.0960. The van der Waals surface area contributed by atoms with Gasteiger partial charge in [0.1, 0.15) is 5.37 Å². The van der Waals surface area contributed by atoms with Crippen LogP contribution < -0.4 is 10.2 Å². The summed E-state index contributed by atoms with van der Waals surface area (Å²) in [4.78, 5) is 27.3. The molecule has 1 fully saturated rings. The molecule has 1 atom stereocenters. The van der Waals surface area contributed by atoms with E-state index in [2.05, 4.69) is 25.2 Å². The van der Waals surface area contributed by atoms with Crippen molar-refractivity contribution in [1.29, 1.82) is 0 Å². The molecule has 0 aliphatic carbocycles. The summed E-state index contributed by atoms with van der Waals surface area (Å²) in [6, 6.07) is 22.5. The molecule has 1 heterocycles. The van der Waals surface area contributed by atoms with E-state index in [1.54, 1.807) is 36.0 Å². The van der Waals surface area contributed by atoms with Gasteiger partial charge in [-0.05, 0) is 59.5 Å². The lowest BCUT2D eigenvalue weighted by Gasteiger charge is -2.28. The van der Waals surface area contributed by atoms with E-state index in [-0.39, 0.29) is 17.2 Å². The molecule has 4 nitrogen and oxygen atoms in total. The Morgan fingerprint density at radius 3 is 2.55 bits per heavy atom. The highest BCUT2D eigenvalue weighted by atomic mass is 35.5. The summed E-state index contributed by atoms with van der Waals surface area (Å²) in [5.41, 5.74) is 4.30. The Balaban J connectivity index is 1.61.